The van der Waals surface area contributed by atoms with Gasteiger partial charge in [-0.1, -0.05) is 30.3 Å². The van der Waals surface area contributed by atoms with Gasteiger partial charge in [-0.05, 0) is 37.9 Å². The lowest BCUT2D eigenvalue weighted by Crippen LogP contribution is -2.48. The number of hydrogen-bond donors (Lipinski definition) is 0. The van der Waals surface area contributed by atoms with Gasteiger partial charge in [0.15, 0.2) is 0 Å². The smallest absolute Gasteiger partial charge is 0.246 e. The van der Waals surface area contributed by atoms with E-state index in [2.05, 4.69) is 47.4 Å². The molecular weight excluding hydrogens is 324 g/mol. The first kappa shape index (κ1) is 18.4. The topological polar surface area (TPSA) is 41.4 Å². The summed E-state index contributed by atoms with van der Waals surface area (Å²) in [6.07, 6.45) is 10.4. The van der Waals surface area contributed by atoms with Crippen LogP contribution in [-0.4, -0.2) is 58.2 Å². The van der Waals surface area contributed by atoms with E-state index in [1.807, 2.05) is 24.2 Å². The van der Waals surface area contributed by atoms with Crippen LogP contribution < -0.4 is 0 Å². The first-order valence-electron chi connectivity index (χ1n) is 9.31. The fourth-order valence-electron chi connectivity index (χ4n) is 3.45. The number of carbonyl (C=O) groups excluding carboxylic acids is 1. The summed E-state index contributed by atoms with van der Waals surface area (Å²) in [5.74, 6) is 0.0926. The summed E-state index contributed by atoms with van der Waals surface area (Å²) in [5.41, 5.74) is 2.32. The average molecular weight is 352 g/mol. The van der Waals surface area contributed by atoms with Crippen molar-refractivity contribution in [2.45, 2.75) is 25.3 Å². The lowest BCUT2D eigenvalue weighted by molar-refractivity contribution is -0.127. The molecule has 1 aliphatic heterocycles. The van der Waals surface area contributed by atoms with Gasteiger partial charge in [-0.25, -0.2) is 0 Å². The number of amides is 1. The van der Waals surface area contributed by atoms with Crippen LogP contribution in [0.25, 0.3) is 6.08 Å². The maximum absolute atomic E-state index is 12.5. The van der Waals surface area contributed by atoms with Crippen LogP contribution in [0.5, 0.6) is 0 Å². The number of piperidine rings is 1. The molecule has 0 aliphatic carbocycles. The number of likely N-dealkylation sites (tertiary alicyclic amines) is 1. The van der Waals surface area contributed by atoms with Crippen LogP contribution in [-0.2, 0) is 18.3 Å². The molecule has 0 radical (unpaired) electrons. The molecule has 2 heterocycles. The minimum absolute atomic E-state index is 0.0926. The summed E-state index contributed by atoms with van der Waals surface area (Å²) in [7, 11) is 4.05. The molecule has 5 nitrogen and oxygen atoms in total. The monoisotopic (exact) mass is 352 g/mol. The quantitative estimate of drug-likeness (QED) is 0.751. The zero-order valence-electron chi connectivity index (χ0n) is 15.7. The Labute approximate surface area is 155 Å². The molecule has 138 valence electrons. The summed E-state index contributed by atoms with van der Waals surface area (Å²) < 4.78 is 1.74. The third-order valence-electron chi connectivity index (χ3n) is 5.07. The van der Waals surface area contributed by atoms with E-state index in [-0.39, 0.29) is 5.91 Å². The number of aromatic nitrogens is 2. The third kappa shape index (κ3) is 5.05. The van der Waals surface area contributed by atoms with Crippen LogP contribution in [0.3, 0.4) is 0 Å². The molecule has 3 rings (SSSR count). The minimum Gasteiger partial charge on any atom is -0.338 e. The molecular formula is C21H28N4O. The predicted molar refractivity (Wildman–Crippen MR) is 105 cm³/mol. The van der Waals surface area contributed by atoms with Crippen LogP contribution in [0.1, 0.15) is 24.0 Å². The summed E-state index contributed by atoms with van der Waals surface area (Å²) in [5, 5.41) is 4.12. The summed E-state index contributed by atoms with van der Waals surface area (Å²) in [6, 6.07) is 11.0. The molecule has 1 unspecified atom stereocenters. The molecule has 1 aliphatic rings. The summed E-state index contributed by atoms with van der Waals surface area (Å²) in [6.45, 7) is 2.67. The molecule has 26 heavy (non-hydrogen) atoms. The molecule has 2 aromatic rings. The molecule has 5 heteroatoms. The van der Waals surface area contributed by atoms with Crippen molar-refractivity contribution in [1.29, 1.82) is 0 Å². The van der Waals surface area contributed by atoms with Gasteiger partial charge in [-0.15, -0.1) is 0 Å². The Morgan fingerprint density at radius 1 is 1.35 bits per heavy atom. The van der Waals surface area contributed by atoms with Crippen LogP contribution in [0, 0.1) is 0 Å². The molecule has 1 amide bonds. The minimum atomic E-state index is 0.0926. The molecule has 0 spiro atoms. The first-order valence-corrected chi connectivity index (χ1v) is 9.31. The maximum Gasteiger partial charge on any atom is 0.246 e. The van der Waals surface area contributed by atoms with E-state index >= 15 is 0 Å². The molecule has 1 aromatic carbocycles. The van der Waals surface area contributed by atoms with Gasteiger partial charge >= 0.3 is 0 Å². The lowest BCUT2D eigenvalue weighted by Gasteiger charge is -2.37. The van der Waals surface area contributed by atoms with Gasteiger partial charge in [0.25, 0.3) is 0 Å². The van der Waals surface area contributed by atoms with E-state index in [1.54, 1.807) is 17.0 Å². The number of hydrogen-bond acceptors (Lipinski definition) is 3. The molecule has 1 fully saturated rings. The Morgan fingerprint density at radius 3 is 2.88 bits per heavy atom. The second-order valence-electron chi connectivity index (χ2n) is 7.08. The fourth-order valence-corrected chi connectivity index (χ4v) is 3.45. The highest BCUT2D eigenvalue weighted by atomic mass is 16.2. The average Bonchev–Trinajstić information content (AvgIpc) is 3.10. The summed E-state index contributed by atoms with van der Waals surface area (Å²) >= 11 is 0. The number of carbonyl (C=O) groups is 1. The predicted octanol–water partition coefficient (Wildman–Crippen LogP) is 2.60. The Balaban J connectivity index is 1.51. The van der Waals surface area contributed by atoms with Crippen molar-refractivity contribution in [3.63, 3.8) is 0 Å². The molecule has 0 N–H and O–H groups in total. The molecule has 0 bridgehead atoms. The van der Waals surface area contributed by atoms with Gasteiger partial charge in [0, 0.05) is 50.6 Å². The molecule has 1 saturated heterocycles. The SMILES string of the molecule is CN(CCc1ccccc1)C1CCCN(C(=O)C=Cc2cnn(C)c2)C1. The van der Waals surface area contributed by atoms with Gasteiger partial charge in [0.1, 0.15) is 0 Å². The van der Waals surface area contributed by atoms with Crippen molar-refractivity contribution in [3.8, 4) is 0 Å². The fraction of sp³-hybridized carbons (Fsp3) is 0.429. The van der Waals surface area contributed by atoms with Gasteiger partial charge in [-0.2, -0.15) is 5.10 Å². The summed E-state index contributed by atoms with van der Waals surface area (Å²) in [4.78, 5) is 16.9. The number of likely N-dealkylation sites (N-methyl/N-ethyl adjacent to an activating group) is 1. The second-order valence-corrected chi connectivity index (χ2v) is 7.08. The Morgan fingerprint density at radius 2 is 2.15 bits per heavy atom. The van der Waals surface area contributed by atoms with Crippen molar-refractivity contribution >= 4 is 12.0 Å². The molecule has 1 aromatic heterocycles. The highest BCUT2D eigenvalue weighted by molar-refractivity contribution is 5.91. The lowest BCUT2D eigenvalue weighted by atomic mass is 10.0. The van der Waals surface area contributed by atoms with Crippen molar-refractivity contribution in [1.82, 2.24) is 19.6 Å². The van der Waals surface area contributed by atoms with E-state index in [9.17, 15) is 4.79 Å². The Bertz CT molecular complexity index is 737. The largest absolute Gasteiger partial charge is 0.338 e. The standard InChI is InChI=1S/C21H28N4O/c1-23(14-12-18-7-4-3-5-8-18)20-9-6-13-25(17-20)21(26)11-10-19-15-22-24(2)16-19/h3-5,7-8,10-11,15-16,20H,6,9,12-14,17H2,1-2H3. The van der Waals surface area contributed by atoms with E-state index in [4.69, 9.17) is 0 Å². The Hall–Kier alpha value is -2.40. The van der Waals surface area contributed by atoms with Gasteiger partial charge in [0.05, 0.1) is 6.20 Å². The van der Waals surface area contributed by atoms with E-state index in [0.29, 0.717) is 6.04 Å². The highest BCUT2D eigenvalue weighted by Crippen LogP contribution is 2.16. The third-order valence-corrected chi connectivity index (χ3v) is 5.07. The highest BCUT2D eigenvalue weighted by Gasteiger charge is 2.25. The van der Waals surface area contributed by atoms with Gasteiger partial charge in [0.2, 0.25) is 5.91 Å². The number of nitrogens with zero attached hydrogens (tertiary/aromatic N) is 4. The molecule has 0 saturated carbocycles. The van der Waals surface area contributed by atoms with Crippen molar-refractivity contribution < 1.29 is 4.79 Å². The maximum atomic E-state index is 12.5. The van der Waals surface area contributed by atoms with Crippen molar-refractivity contribution in [2.75, 3.05) is 26.7 Å². The number of aryl methyl sites for hydroxylation is 1. The normalized spacial score (nSPS) is 18.0. The van der Waals surface area contributed by atoms with Crippen LogP contribution in [0.2, 0.25) is 0 Å². The molecule has 1 atom stereocenters. The van der Waals surface area contributed by atoms with Crippen LogP contribution >= 0.6 is 0 Å². The first-order chi connectivity index (χ1) is 12.6. The van der Waals surface area contributed by atoms with E-state index in [1.165, 1.54) is 5.56 Å². The second kappa shape index (κ2) is 8.81. The van der Waals surface area contributed by atoms with E-state index in [0.717, 1.165) is 44.5 Å². The van der Waals surface area contributed by atoms with Crippen LogP contribution in [0.15, 0.2) is 48.8 Å². The number of benzene rings is 1. The van der Waals surface area contributed by atoms with Gasteiger partial charge < -0.3 is 9.80 Å². The Kier molecular flexibility index (Phi) is 6.23. The zero-order chi connectivity index (χ0) is 18.4. The van der Waals surface area contributed by atoms with Crippen molar-refractivity contribution in [3.05, 3.63) is 59.9 Å². The van der Waals surface area contributed by atoms with E-state index < -0.39 is 0 Å². The number of rotatable bonds is 6. The van der Waals surface area contributed by atoms with Crippen molar-refractivity contribution in [2.24, 2.45) is 7.05 Å². The van der Waals surface area contributed by atoms with Crippen LogP contribution in [0.4, 0.5) is 0 Å². The zero-order valence-corrected chi connectivity index (χ0v) is 15.7. The van der Waals surface area contributed by atoms with Gasteiger partial charge in [-0.3, -0.25) is 9.48 Å².